The third-order valence-electron chi connectivity index (χ3n) is 6.02. The van der Waals surface area contributed by atoms with Crippen LogP contribution < -0.4 is 0 Å². The van der Waals surface area contributed by atoms with Gasteiger partial charge in [-0.3, -0.25) is 0 Å². The Kier molecular flexibility index (Phi) is 3.81. The van der Waals surface area contributed by atoms with E-state index in [9.17, 15) is 0 Å². The predicted molar refractivity (Wildman–Crippen MR) is 125 cm³/mol. The molecule has 1 unspecified atom stereocenters. The molecule has 0 radical (unpaired) electrons. The van der Waals surface area contributed by atoms with Crippen molar-refractivity contribution in [3.63, 3.8) is 0 Å². The summed E-state index contributed by atoms with van der Waals surface area (Å²) in [6.45, 7) is 0. The van der Waals surface area contributed by atoms with Gasteiger partial charge in [0.1, 0.15) is 4.87 Å². The molecule has 1 aliphatic carbocycles. The Hall–Kier alpha value is -3.42. The molecule has 0 N–H and O–H groups in total. The highest BCUT2D eigenvalue weighted by Crippen LogP contribution is 2.58. The van der Waals surface area contributed by atoms with Crippen LogP contribution in [-0.4, -0.2) is 4.98 Å². The third-order valence-corrected chi connectivity index (χ3v) is 6.63. The fourth-order valence-corrected chi connectivity index (χ4v) is 5.23. The summed E-state index contributed by atoms with van der Waals surface area (Å²) in [6, 6.07) is 37.6. The summed E-state index contributed by atoms with van der Waals surface area (Å²) >= 11 is 7.67. The molecular weight excluding hydrogens is 386 g/mol. The molecule has 1 atom stereocenters. The monoisotopic (exact) mass is 403 g/mol. The lowest BCUT2D eigenvalue weighted by molar-refractivity contribution is 0.920. The molecule has 0 saturated heterocycles. The van der Waals surface area contributed by atoms with E-state index in [0.29, 0.717) is 0 Å². The Bertz CT molecular complexity index is 1390. The van der Waals surface area contributed by atoms with Crippen molar-refractivity contribution < 1.29 is 0 Å². The van der Waals surface area contributed by atoms with Crippen molar-refractivity contribution in [3.05, 3.63) is 126 Å². The molecule has 6 rings (SSSR count). The van der Waals surface area contributed by atoms with Gasteiger partial charge in [-0.05, 0) is 22.8 Å². The number of alkyl halides is 1. The van der Waals surface area contributed by atoms with E-state index in [4.69, 9.17) is 16.6 Å². The number of nitrogens with zero attached hydrogens (tertiary/aromatic N) is 1. The highest BCUT2D eigenvalue weighted by Gasteiger charge is 2.45. The van der Waals surface area contributed by atoms with Crippen LogP contribution in [0.25, 0.3) is 33.3 Å². The van der Waals surface area contributed by atoms with Crippen molar-refractivity contribution in [2.45, 2.75) is 4.87 Å². The van der Waals surface area contributed by atoms with E-state index in [1.807, 2.05) is 18.2 Å². The molecule has 1 nitrogen and oxygen atoms in total. The van der Waals surface area contributed by atoms with Gasteiger partial charge in [0.15, 0.2) is 0 Å². The Morgan fingerprint density at radius 1 is 0.633 bits per heavy atom. The number of benzene rings is 4. The molecule has 0 bridgehead atoms. The first-order valence-electron chi connectivity index (χ1n) is 10.1. The molecule has 1 heterocycles. The van der Waals surface area contributed by atoms with Crippen molar-refractivity contribution >= 4 is 22.5 Å². The molecular formula is C28H18ClN. The van der Waals surface area contributed by atoms with Crippen molar-refractivity contribution in [1.29, 1.82) is 0 Å². The maximum Gasteiger partial charge on any atom is 0.121 e. The Balaban J connectivity index is 1.83. The average Bonchev–Trinajstić information content (AvgIpc) is 3.10. The molecule has 1 aliphatic rings. The van der Waals surface area contributed by atoms with Crippen LogP contribution in [0.1, 0.15) is 16.7 Å². The Morgan fingerprint density at radius 2 is 1.27 bits per heavy atom. The summed E-state index contributed by atoms with van der Waals surface area (Å²) < 4.78 is 0. The molecule has 0 fully saturated rings. The van der Waals surface area contributed by atoms with Crippen LogP contribution in [0.15, 0.2) is 109 Å². The zero-order valence-corrected chi connectivity index (χ0v) is 17.0. The minimum atomic E-state index is -0.765. The summed E-state index contributed by atoms with van der Waals surface area (Å²) in [5.41, 5.74) is 8.65. The van der Waals surface area contributed by atoms with Crippen LogP contribution in [0.2, 0.25) is 0 Å². The molecule has 4 aromatic carbocycles. The van der Waals surface area contributed by atoms with Crippen LogP contribution in [0.5, 0.6) is 0 Å². The number of aromatic nitrogens is 1. The number of hydrogen-bond donors (Lipinski definition) is 0. The molecule has 0 amide bonds. The van der Waals surface area contributed by atoms with Crippen LogP contribution in [0.3, 0.4) is 0 Å². The number of fused-ring (bicyclic) bond motifs is 5. The second kappa shape index (κ2) is 6.55. The molecule has 0 spiro atoms. The van der Waals surface area contributed by atoms with Gasteiger partial charge in [0, 0.05) is 22.1 Å². The molecule has 2 heteroatoms. The van der Waals surface area contributed by atoms with Crippen LogP contribution in [0.4, 0.5) is 0 Å². The first-order valence-corrected chi connectivity index (χ1v) is 10.5. The number of rotatable bonds is 2. The van der Waals surface area contributed by atoms with Crippen LogP contribution in [0, 0.1) is 0 Å². The lowest BCUT2D eigenvalue weighted by Crippen LogP contribution is -2.19. The number of hydrogen-bond acceptors (Lipinski definition) is 1. The summed E-state index contributed by atoms with van der Waals surface area (Å²) in [5, 5.41) is 1.10. The maximum atomic E-state index is 7.67. The largest absolute Gasteiger partial charge is 0.247 e. The van der Waals surface area contributed by atoms with Crippen LogP contribution in [-0.2, 0) is 4.87 Å². The quantitative estimate of drug-likeness (QED) is 0.279. The number of para-hydroxylation sites is 1. The summed E-state index contributed by atoms with van der Waals surface area (Å²) in [6.07, 6.45) is 0. The summed E-state index contributed by atoms with van der Waals surface area (Å²) in [5.74, 6) is 0. The molecule has 5 aromatic rings. The van der Waals surface area contributed by atoms with Gasteiger partial charge < -0.3 is 0 Å². The van der Waals surface area contributed by atoms with Crippen LogP contribution >= 0.6 is 11.6 Å². The van der Waals surface area contributed by atoms with E-state index < -0.39 is 4.87 Å². The second-order valence-electron chi connectivity index (χ2n) is 7.66. The standard InChI is InChI=1S/C28H18ClN/c29-28(20-13-5-2-6-14-20)23-17-9-7-15-21(23)25-26(28)22-16-8-10-18-24(22)30-27(25)19-11-3-1-4-12-19/h1-18H. The topological polar surface area (TPSA) is 12.9 Å². The minimum Gasteiger partial charge on any atom is -0.247 e. The molecule has 0 saturated carbocycles. The molecule has 30 heavy (non-hydrogen) atoms. The van der Waals surface area contributed by atoms with Gasteiger partial charge in [-0.1, -0.05) is 103 Å². The number of pyridine rings is 1. The second-order valence-corrected chi connectivity index (χ2v) is 8.23. The van der Waals surface area contributed by atoms with E-state index >= 15 is 0 Å². The zero-order valence-electron chi connectivity index (χ0n) is 16.2. The van der Waals surface area contributed by atoms with Crippen molar-refractivity contribution in [2.75, 3.05) is 0 Å². The molecule has 142 valence electrons. The van der Waals surface area contributed by atoms with E-state index in [0.717, 1.165) is 50.0 Å². The SMILES string of the molecule is ClC1(c2ccccc2)c2ccccc2-c2c(-c3ccccc3)nc3ccccc3c21. The summed E-state index contributed by atoms with van der Waals surface area (Å²) in [7, 11) is 0. The van der Waals surface area contributed by atoms with Gasteiger partial charge >= 0.3 is 0 Å². The van der Waals surface area contributed by atoms with Crippen molar-refractivity contribution in [3.8, 4) is 22.4 Å². The Morgan fingerprint density at radius 3 is 2.07 bits per heavy atom. The Labute approximate surface area is 180 Å². The first-order chi connectivity index (χ1) is 14.8. The fourth-order valence-electron chi connectivity index (χ4n) is 4.74. The highest BCUT2D eigenvalue weighted by molar-refractivity contribution is 6.32. The smallest absolute Gasteiger partial charge is 0.121 e. The van der Waals surface area contributed by atoms with Gasteiger partial charge in [-0.2, -0.15) is 0 Å². The minimum absolute atomic E-state index is 0.765. The van der Waals surface area contributed by atoms with E-state index in [2.05, 4.69) is 91.0 Å². The molecule has 0 aliphatic heterocycles. The maximum absolute atomic E-state index is 7.67. The normalized spacial score (nSPS) is 17.0. The third kappa shape index (κ3) is 2.33. The van der Waals surface area contributed by atoms with Crippen molar-refractivity contribution in [1.82, 2.24) is 4.98 Å². The first kappa shape index (κ1) is 17.4. The molecule has 1 aromatic heterocycles. The highest BCUT2D eigenvalue weighted by atomic mass is 35.5. The van der Waals surface area contributed by atoms with Gasteiger partial charge in [-0.15, -0.1) is 11.6 Å². The van der Waals surface area contributed by atoms with E-state index in [-0.39, 0.29) is 0 Å². The predicted octanol–water partition coefficient (Wildman–Crippen LogP) is 7.41. The van der Waals surface area contributed by atoms with Gasteiger partial charge in [-0.25, -0.2) is 4.98 Å². The van der Waals surface area contributed by atoms with Gasteiger partial charge in [0.05, 0.1) is 11.2 Å². The summed E-state index contributed by atoms with van der Waals surface area (Å²) in [4.78, 5) is 4.35. The number of halogens is 1. The lowest BCUT2D eigenvalue weighted by Gasteiger charge is -2.27. The van der Waals surface area contributed by atoms with E-state index in [1.165, 1.54) is 0 Å². The zero-order chi connectivity index (χ0) is 20.1. The average molecular weight is 404 g/mol. The van der Waals surface area contributed by atoms with E-state index in [1.54, 1.807) is 0 Å². The van der Waals surface area contributed by atoms with Crippen molar-refractivity contribution in [2.24, 2.45) is 0 Å². The van der Waals surface area contributed by atoms with Gasteiger partial charge in [0.2, 0.25) is 0 Å². The van der Waals surface area contributed by atoms with Gasteiger partial charge in [0.25, 0.3) is 0 Å². The fraction of sp³-hybridized carbons (Fsp3) is 0.0357. The lowest BCUT2D eigenvalue weighted by atomic mass is 9.86.